The second-order valence-electron chi connectivity index (χ2n) is 7.23. The van der Waals surface area contributed by atoms with Crippen molar-refractivity contribution in [2.45, 2.75) is 38.5 Å². The number of rotatable bonds is 3. The summed E-state index contributed by atoms with van der Waals surface area (Å²) < 4.78 is 0. The molecule has 0 radical (unpaired) electrons. The Morgan fingerprint density at radius 3 is 2.15 bits per heavy atom. The molecule has 1 N–H and O–H groups in total. The van der Waals surface area contributed by atoms with Crippen molar-refractivity contribution in [1.82, 2.24) is 9.80 Å². The Morgan fingerprint density at radius 2 is 1.59 bits per heavy atom. The van der Waals surface area contributed by atoms with Crippen LogP contribution in [-0.4, -0.2) is 51.9 Å². The molecule has 2 aliphatic rings. The first kappa shape index (κ1) is 19.5. The largest absolute Gasteiger partial charge is 0.349 e. The smallest absolute Gasteiger partial charge is 0.269 e. The third-order valence-corrected chi connectivity index (χ3v) is 5.74. The van der Waals surface area contributed by atoms with Gasteiger partial charge in [-0.2, -0.15) is 0 Å². The second-order valence-corrected chi connectivity index (χ2v) is 7.62. The number of benzene rings is 1. The number of amides is 1. The highest BCUT2D eigenvalue weighted by Gasteiger charge is 2.29. The molecular weight excluding hydrogens is 364 g/mol. The molecule has 3 rings (SSSR count). The van der Waals surface area contributed by atoms with Crippen molar-refractivity contribution in [3.63, 3.8) is 0 Å². The van der Waals surface area contributed by atoms with E-state index in [0.717, 1.165) is 57.5 Å². The Bertz CT molecular complexity index is 679. The zero-order valence-corrected chi connectivity index (χ0v) is 16.2. The van der Waals surface area contributed by atoms with E-state index in [1.165, 1.54) is 25.0 Å². The molecule has 7 nitrogen and oxygen atoms in total. The first-order valence-electron chi connectivity index (χ1n) is 9.64. The van der Waals surface area contributed by atoms with E-state index in [2.05, 4.69) is 15.1 Å². The average molecular weight is 391 g/mol. The van der Waals surface area contributed by atoms with Gasteiger partial charge in [0.1, 0.15) is 0 Å². The molecule has 0 saturated carbocycles. The van der Waals surface area contributed by atoms with Crippen molar-refractivity contribution < 1.29 is 9.72 Å². The number of likely N-dealkylation sites (tertiary alicyclic amines) is 2. The number of piperidine rings is 1. The van der Waals surface area contributed by atoms with Crippen LogP contribution in [0, 0.1) is 16.0 Å². The molecule has 1 aromatic carbocycles. The predicted molar refractivity (Wildman–Crippen MR) is 109 cm³/mol. The molecule has 1 aromatic rings. The number of carbonyl (C=O) groups is 1. The van der Waals surface area contributed by atoms with Gasteiger partial charge < -0.3 is 15.1 Å². The normalized spacial score (nSPS) is 18.7. The van der Waals surface area contributed by atoms with Gasteiger partial charge in [-0.15, -0.1) is 0 Å². The second kappa shape index (κ2) is 9.12. The summed E-state index contributed by atoms with van der Waals surface area (Å²) >= 11 is 5.47. The van der Waals surface area contributed by atoms with E-state index < -0.39 is 4.92 Å². The van der Waals surface area contributed by atoms with E-state index in [-0.39, 0.29) is 11.6 Å². The Hall–Kier alpha value is -2.22. The topological polar surface area (TPSA) is 78.7 Å². The van der Waals surface area contributed by atoms with Crippen molar-refractivity contribution in [2.75, 3.05) is 31.5 Å². The van der Waals surface area contributed by atoms with E-state index in [0.29, 0.717) is 11.0 Å². The maximum atomic E-state index is 12.8. The zero-order chi connectivity index (χ0) is 19.2. The van der Waals surface area contributed by atoms with Gasteiger partial charge in [-0.1, -0.05) is 12.8 Å². The molecule has 8 heteroatoms. The van der Waals surface area contributed by atoms with Crippen molar-refractivity contribution >= 4 is 34.6 Å². The van der Waals surface area contributed by atoms with Crippen LogP contribution in [0.3, 0.4) is 0 Å². The van der Waals surface area contributed by atoms with E-state index in [1.54, 1.807) is 12.1 Å². The zero-order valence-electron chi connectivity index (χ0n) is 15.4. The van der Waals surface area contributed by atoms with E-state index in [9.17, 15) is 14.9 Å². The number of thiocarbonyl (C=S) groups is 1. The molecule has 146 valence electrons. The van der Waals surface area contributed by atoms with Crippen LogP contribution in [0.1, 0.15) is 38.5 Å². The highest BCUT2D eigenvalue weighted by Crippen LogP contribution is 2.23. The van der Waals surface area contributed by atoms with Gasteiger partial charge in [0.25, 0.3) is 5.69 Å². The molecule has 1 amide bonds. The van der Waals surface area contributed by atoms with Gasteiger partial charge in [0, 0.05) is 49.9 Å². The average Bonchev–Trinajstić information content (AvgIpc) is 2.97. The lowest BCUT2D eigenvalue weighted by molar-refractivity contribution is -0.384. The molecule has 0 aliphatic carbocycles. The molecule has 0 aromatic heterocycles. The SMILES string of the molecule is O=C(C1CCN(C(=S)Nc2ccc([N+](=O)[O-])cc2)CC1)N1CCCCCC1. The number of nitrogens with one attached hydrogen (secondary N) is 1. The number of nitrogens with zero attached hydrogens (tertiary/aromatic N) is 3. The third-order valence-electron chi connectivity index (χ3n) is 5.38. The van der Waals surface area contributed by atoms with Crippen LogP contribution in [0.2, 0.25) is 0 Å². The summed E-state index contributed by atoms with van der Waals surface area (Å²) in [6.07, 6.45) is 6.33. The van der Waals surface area contributed by atoms with Crippen molar-refractivity contribution in [3.8, 4) is 0 Å². The molecule has 0 unspecified atom stereocenters. The minimum Gasteiger partial charge on any atom is -0.349 e. The van der Waals surface area contributed by atoms with Crippen LogP contribution >= 0.6 is 12.2 Å². The quantitative estimate of drug-likeness (QED) is 0.484. The van der Waals surface area contributed by atoms with Gasteiger partial charge in [0.15, 0.2) is 5.11 Å². The predicted octanol–water partition coefficient (Wildman–Crippen LogP) is 3.41. The molecule has 2 aliphatic heterocycles. The van der Waals surface area contributed by atoms with Crippen LogP contribution in [-0.2, 0) is 4.79 Å². The van der Waals surface area contributed by atoms with Crippen LogP contribution in [0.15, 0.2) is 24.3 Å². The van der Waals surface area contributed by atoms with Gasteiger partial charge >= 0.3 is 0 Å². The highest BCUT2D eigenvalue weighted by atomic mass is 32.1. The standard InChI is InChI=1S/C19H26N4O3S/c24-18(21-11-3-1-2-4-12-21)15-9-13-22(14-10-15)19(27)20-16-5-7-17(8-6-16)23(25)26/h5-8,15H,1-4,9-14H2,(H,20,27). The number of nitro benzene ring substituents is 1. The fourth-order valence-corrected chi connectivity index (χ4v) is 4.05. The van der Waals surface area contributed by atoms with Crippen LogP contribution in [0.25, 0.3) is 0 Å². The van der Waals surface area contributed by atoms with E-state index in [4.69, 9.17) is 12.2 Å². The fraction of sp³-hybridized carbons (Fsp3) is 0.579. The van der Waals surface area contributed by atoms with E-state index >= 15 is 0 Å². The summed E-state index contributed by atoms with van der Waals surface area (Å²) in [6, 6.07) is 6.22. The lowest BCUT2D eigenvalue weighted by atomic mass is 9.95. The maximum absolute atomic E-state index is 12.8. The molecule has 2 heterocycles. The van der Waals surface area contributed by atoms with Crippen molar-refractivity contribution in [1.29, 1.82) is 0 Å². The number of carbonyl (C=O) groups excluding carboxylic acids is 1. The number of non-ortho nitro benzene ring substituents is 1. The molecule has 0 spiro atoms. The van der Waals surface area contributed by atoms with E-state index in [1.807, 2.05) is 0 Å². The van der Waals surface area contributed by atoms with Gasteiger partial charge in [0.2, 0.25) is 5.91 Å². The summed E-state index contributed by atoms with van der Waals surface area (Å²) in [6.45, 7) is 3.31. The minimum atomic E-state index is -0.422. The molecule has 0 bridgehead atoms. The first-order chi connectivity index (χ1) is 13.0. The number of anilines is 1. The van der Waals surface area contributed by atoms with Gasteiger partial charge in [0.05, 0.1) is 4.92 Å². The Labute approximate surface area is 164 Å². The summed E-state index contributed by atoms with van der Waals surface area (Å²) in [5.74, 6) is 0.410. The van der Waals surface area contributed by atoms with Crippen LogP contribution in [0.5, 0.6) is 0 Å². The Morgan fingerprint density at radius 1 is 1.00 bits per heavy atom. The fourth-order valence-electron chi connectivity index (χ4n) is 3.75. The summed E-state index contributed by atoms with van der Waals surface area (Å²) in [4.78, 5) is 27.2. The number of hydrogen-bond donors (Lipinski definition) is 1. The minimum absolute atomic E-state index is 0.0549. The van der Waals surface area contributed by atoms with Gasteiger partial charge in [-0.25, -0.2) is 0 Å². The van der Waals surface area contributed by atoms with Crippen molar-refractivity contribution in [3.05, 3.63) is 34.4 Å². The van der Waals surface area contributed by atoms with Crippen molar-refractivity contribution in [2.24, 2.45) is 5.92 Å². The van der Waals surface area contributed by atoms with Gasteiger partial charge in [-0.05, 0) is 50.0 Å². The Kier molecular flexibility index (Phi) is 6.60. The molecule has 0 atom stereocenters. The summed E-state index contributed by atoms with van der Waals surface area (Å²) in [5.41, 5.74) is 0.785. The van der Waals surface area contributed by atoms with Crippen LogP contribution < -0.4 is 5.32 Å². The maximum Gasteiger partial charge on any atom is 0.269 e. The molecule has 2 saturated heterocycles. The molecule has 27 heavy (non-hydrogen) atoms. The lowest BCUT2D eigenvalue weighted by Crippen LogP contribution is -2.45. The Balaban J connectivity index is 1.48. The molecule has 2 fully saturated rings. The number of hydrogen-bond acceptors (Lipinski definition) is 4. The summed E-state index contributed by atoms with van der Waals surface area (Å²) in [7, 11) is 0. The highest BCUT2D eigenvalue weighted by molar-refractivity contribution is 7.80. The van der Waals surface area contributed by atoms with Gasteiger partial charge in [-0.3, -0.25) is 14.9 Å². The summed E-state index contributed by atoms with van der Waals surface area (Å²) in [5, 5.41) is 14.5. The monoisotopic (exact) mass is 390 g/mol. The number of nitro groups is 1. The van der Waals surface area contributed by atoms with Crippen LogP contribution in [0.4, 0.5) is 11.4 Å². The lowest BCUT2D eigenvalue weighted by Gasteiger charge is -2.35. The first-order valence-corrected chi connectivity index (χ1v) is 10.0. The molecular formula is C19H26N4O3S. The third kappa shape index (κ3) is 5.15.